The Kier molecular flexibility index (Phi) is 3.59. The van der Waals surface area contributed by atoms with Gasteiger partial charge in [-0.25, -0.2) is 9.97 Å². The maximum absolute atomic E-state index is 6.25. The van der Waals surface area contributed by atoms with Crippen LogP contribution in [0.5, 0.6) is 5.75 Å². The summed E-state index contributed by atoms with van der Waals surface area (Å²) in [7, 11) is 1.63. The quantitative estimate of drug-likeness (QED) is 0.628. The number of nitrogens with zero attached hydrogens (tertiary/aromatic N) is 2. The molecule has 3 rings (SSSR count). The summed E-state index contributed by atoms with van der Waals surface area (Å²) in [6.07, 6.45) is 0. The Balaban J connectivity index is 2.19. The zero-order valence-corrected chi connectivity index (χ0v) is 12.9. The van der Waals surface area contributed by atoms with Crippen LogP contribution in [0.25, 0.3) is 22.3 Å². The van der Waals surface area contributed by atoms with Gasteiger partial charge in [0.25, 0.3) is 0 Å². The minimum Gasteiger partial charge on any atom is -0.497 e. The van der Waals surface area contributed by atoms with Gasteiger partial charge in [-0.2, -0.15) is 0 Å². The summed E-state index contributed by atoms with van der Waals surface area (Å²) in [6.45, 7) is 0. The van der Waals surface area contributed by atoms with Crippen LogP contribution in [0.2, 0.25) is 5.15 Å². The highest BCUT2D eigenvalue weighted by Gasteiger charge is 2.09. The molecule has 0 fully saturated rings. The molecule has 20 heavy (non-hydrogen) atoms. The summed E-state index contributed by atoms with van der Waals surface area (Å²) in [5, 5.41) is 1.27. The van der Waals surface area contributed by atoms with E-state index in [1.807, 2.05) is 42.5 Å². The van der Waals surface area contributed by atoms with Gasteiger partial charge in [-0.1, -0.05) is 39.7 Å². The Labute approximate surface area is 129 Å². The summed E-state index contributed by atoms with van der Waals surface area (Å²) >= 11 is 9.67. The van der Waals surface area contributed by atoms with E-state index in [1.165, 1.54) is 0 Å². The van der Waals surface area contributed by atoms with Crippen LogP contribution in [-0.2, 0) is 0 Å². The summed E-state index contributed by atoms with van der Waals surface area (Å²) in [5.74, 6) is 1.35. The van der Waals surface area contributed by atoms with Crippen molar-refractivity contribution in [2.75, 3.05) is 7.11 Å². The third kappa shape index (κ3) is 2.49. The number of ether oxygens (including phenoxy) is 1. The van der Waals surface area contributed by atoms with E-state index in [0.717, 1.165) is 26.7 Å². The molecule has 0 aliphatic rings. The number of hydrogen-bond donors (Lipinski definition) is 0. The van der Waals surface area contributed by atoms with Crippen molar-refractivity contribution < 1.29 is 4.74 Å². The van der Waals surface area contributed by atoms with Gasteiger partial charge in [-0.3, -0.25) is 0 Å². The van der Waals surface area contributed by atoms with Gasteiger partial charge in [0.1, 0.15) is 10.9 Å². The number of hydrogen-bond acceptors (Lipinski definition) is 3. The molecular weight excluding hydrogens is 340 g/mol. The van der Waals surface area contributed by atoms with Crippen molar-refractivity contribution in [1.82, 2.24) is 9.97 Å². The van der Waals surface area contributed by atoms with E-state index >= 15 is 0 Å². The van der Waals surface area contributed by atoms with Crippen LogP contribution >= 0.6 is 27.5 Å². The first-order chi connectivity index (χ1) is 9.67. The fraction of sp³-hybridized carbons (Fsp3) is 0.0667. The predicted molar refractivity (Wildman–Crippen MR) is 84.2 cm³/mol. The molecule has 1 heterocycles. The molecule has 1 aromatic heterocycles. The number of aromatic nitrogens is 2. The van der Waals surface area contributed by atoms with E-state index in [1.54, 1.807) is 7.11 Å². The van der Waals surface area contributed by atoms with Crippen molar-refractivity contribution in [2.45, 2.75) is 0 Å². The first kappa shape index (κ1) is 13.3. The number of rotatable bonds is 2. The minimum atomic E-state index is 0.439. The van der Waals surface area contributed by atoms with Gasteiger partial charge in [0.05, 0.1) is 12.6 Å². The first-order valence-corrected chi connectivity index (χ1v) is 7.12. The van der Waals surface area contributed by atoms with Crippen molar-refractivity contribution >= 4 is 38.4 Å². The maximum Gasteiger partial charge on any atom is 0.161 e. The fourth-order valence-corrected chi connectivity index (χ4v) is 2.55. The smallest absolute Gasteiger partial charge is 0.161 e. The summed E-state index contributed by atoms with van der Waals surface area (Å²) in [4.78, 5) is 8.92. The van der Waals surface area contributed by atoms with E-state index in [4.69, 9.17) is 16.3 Å². The molecule has 100 valence electrons. The highest BCUT2D eigenvalue weighted by Crippen LogP contribution is 2.28. The van der Waals surface area contributed by atoms with Gasteiger partial charge >= 0.3 is 0 Å². The fourth-order valence-electron chi connectivity index (χ4n) is 1.95. The van der Waals surface area contributed by atoms with Gasteiger partial charge in [-0.05, 0) is 30.3 Å². The lowest BCUT2D eigenvalue weighted by atomic mass is 10.2. The topological polar surface area (TPSA) is 35.0 Å². The van der Waals surface area contributed by atoms with Crippen LogP contribution in [0.4, 0.5) is 0 Å². The molecule has 0 saturated carbocycles. The largest absolute Gasteiger partial charge is 0.497 e. The molecule has 0 aliphatic heterocycles. The minimum absolute atomic E-state index is 0.439. The van der Waals surface area contributed by atoms with Crippen molar-refractivity contribution in [3.63, 3.8) is 0 Å². The second-order valence-electron chi connectivity index (χ2n) is 4.23. The zero-order valence-electron chi connectivity index (χ0n) is 10.6. The molecule has 2 aromatic carbocycles. The summed E-state index contributed by atoms with van der Waals surface area (Å²) in [5.41, 5.74) is 1.68. The molecule has 5 heteroatoms. The van der Waals surface area contributed by atoms with Crippen molar-refractivity contribution in [3.8, 4) is 17.1 Å². The van der Waals surface area contributed by atoms with Crippen molar-refractivity contribution in [3.05, 3.63) is 52.1 Å². The summed E-state index contributed by atoms with van der Waals surface area (Å²) < 4.78 is 6.16. The van der Waals surface area contributed by atoms with E-state index in [9.17, 15) is 0 Å². The van der Waals surface area contributed by atoms with E-state index < -0.39 is 0 Å². The molecule has 0 amide bonds. The van der Waals surface area contributed by atoms with Crippen LogP contribution in [-0.4, -0.2) is 17.1 Å². The molecular formula is C15H10BrClN2O. The Bertz CT molecular complexity index is 792. The second-order valence-corrected chi connectivity index (χ2v) is 5.51. The Morgan fingerprint density at radius 3 is 2.75 bits per heavy atom. The highest BCUT2D eigenvalue weighted by molar-refractivity contribution is 9.10. The van der Waals surface area contributed by atoms with Crippen LogP contribution < -0.4 is 4.74 Å². The number of methoxy groups -OCH3 is 1. The third-order valence-electron chi connectivity index (χ3n) is 2.94. The SMILES string of the molecule is COc1cccc(-c2nc(Cl)c3cc(Br)ccc3n2)c1. The third-order valence-corrected chi connectivity index (χ3v) is 3.72. The molecule has 3 nitrogen and oxygen atoms in total. The van der Waals surface area contributed by atoms with Gasteiger partial charge in [0, 0.05) is 15.4 Å². The van der Waals surface area contributed by atoms with E-state index in [-0.39, 0.29) is 0 Å². The standard InChI is InChI=1S/C15H10BrClN2O/c1-20-11-4-2-3-9(7-11)15-18-13-6-5-10(16)8-12(13)14(17)19-15/h2-8H,1H3. The van der Waals surface area contributed by atoms with Crippen molar-refractivity contribution in [1.29, 1.82) is 0 Å². The average molecular weight is 350 g/mol. The zero-order chi connectivity index (χ0) is 14.1. The molecule has 0 saturated heterocycles. The predicted octanol–water partition coefficient (Wildman–Crippen LogP) is 4.72. The summed E-state index contributed by atoms with van der Waals surface area (Å²) in [6, 6.07) is 13.3. The number of halogens is 2. The molecule has 0 unspecified atom stereocenters. The van der Waals surface area contributed by atoms with Crippen LogP contribution in [0, 0.1) is 0 Å². The lowest BCUT2D eigenvalue weighted by molar-refractivity contribution is 0.415. The number of fused-ring (bicyclic) bond motifs is 1. The van der Waals surface area contributed by atoms with Crippen LogP contribution in [0.15, 0.2) is 46.9 Å². The van der Waals surface area contributed by atoms with Gasteiger partial charge in [0.2, 0.25) is 0 Å². The first-order valence-electron chi connectivity index (χ1n) is 5.94. The molecule has 0 atom stereocenters. The average Bonchev–Trinajstić information content (AvgIpc) is 2.48. The monoisotopic (exact) mass is 348 g/mol. The normalized spacial score (nSPS) is 10.8. The molecule has 0 bridgehead atoms. The number of benzene rings is 2. The van der Waals surface area contributed by atoms with Crippen LogP contribution in [0.3, 0.4) is 0 Å². The Hall–Kier alpha value is -1.65. The second kappa shape index (κ2) is 5.38. The van der Waals surface area contributed by atoms with E-state index in [0.29, 0.717) is 11.0 Å². The van der Waals surface area contributed by atoms with Crippen LogP contribution in [0.1, 0.15) is 0 Å². The lowest BCUT2D eigenvalue weighted by Gasteiger charge is -2.06. The lowest BCUT2D eigenvalue weighted by Crippen LogP contribution is -1.92. The molecule has 0 radical (unpaired) electrons. The van der Waals surface area contributed by atoms with Gasteiger partial charge < -0.3 is 4.74 Å². The Morgan fingerprint density at radius 2 is 1.95 bits per heavy atom. The van der Waals surface area contributed by atoms with Gasteiger partial charge in [-0.15, -0.1) is 0 Å². The highest BCUT2D eigenvalue weighted by atomic mass is 79.9. The maximum atomic E-state index is 6.25. The molecule has 0 aliphatic carbocycles. The molecule has 0 N–H and O–H groups in total. The Morgan fingerprint density at radius 1 is 1.10 bits per heavy atom. The molecule has 3 aromatic rings. The van der Waals surface area contributed by atoms with Gasteiger partial charge in [0.15, 0.2) is 5.82 Å². The molecule has 0 spiro atoms. The van der Waals surface area contributed by atoms with Crippen molar-refractivity contribution in [2.24, 2.45) is 0 Å². The van der Waals surface area contributed by atoms with E-state index in [2.05, 4.69) is 25.9 Å².